The van der Waals surface area contributed by atoms with Crippen LogP contribution in [0.5, 0.6) is 0 Å². The molecule has 0 aromatic rings. The highest BCUT2D eigenvalue weighted by molar-refractivity contribution is 7.97. The Morgan fingerprint density at radius 3 is 2.10 bits per heavy atom. The smallest absolute Gasteiger partial charge is 0.0533 e. The molecule has 0 N–H and O–H groups in total. The van der Waals surface area contributed by atoms with Crippen molar-refractivity contribution in [2.24, 2.45) is 23.7 Å². The van der Waals surface area contributed by atoms with E-state index in [2.05, 4.69) is 6.26 Å². The molecule has 0 aromatic heterocycles. The van der Waals surface area contributed by atoms with Crippen molar-refractivity contribution in [3.8, 4) is 0 Å². The second kappa shape index (κ2) is 6.46. The minimum absolute atomic E-state index is 0.737. The Kier molecular flexibility index (Phi) is 4.59. The van der Waals surface area contributed by atoms with Crippen molar-refractivity contribution in [1.82, 2.24) is 0 Å². The Morgan fingerprint density at radius 2 is 1.38 bits per heavy atom. The molecule has 6 atom stereocenters. The van der Waals surface area contributed by atoms with E-state index in [9.17, 15) is 0 Å². The maximum Gasteiger partial charge on any atom is 0.121 e. The summed E-state index contributed by atoms with van der Waals surface area (Å²) < 4.78 is 0. The highest BCUT2D eigenvalue weighted by Crippen LogP contribution is 2.51. The summed E-state index contributed by atoms with van der Waals surface area (Å²) in [5.41, 5.74) is 0. The third kappa shape index (κ3) is 2.93. The van der Waals surface area contributed by atoms with Gasteiger partial charge in [0.15, 0.2) is 0 Å². The summed E-state index contributed by atoms with van der Waals surface area (Å²) in [5, 5.41) is 2.28. The van der Waals surface area contributed by atoms with Gasteiger partial charge in [0.1, 0.15) is 10.5 Å². The van der Waals surface area contributed by atoms with Gasteiger partial charge in [0.05, 0.1) is 6.26 Å². The molecular weight excluding hydrogens is 272 g/mol. The lowest BCUT2D eigenvalue weighted by molar-refractivity contribution is 0.201. The highest BCUT2D eigenvalue weighted by atomic mass is 32.2. The normalized spacial score (nSPS) is 45.9. The van der Waals surface area contributed by atoms with Crippen LogP contribution < -0.4 is 0 Å². The number of fused-ring (bicyclic) bond motifs is 2. The minimum Gasteiger partial charge on any atom is -0.0533 e. The molecule has 2 bridgehead atoms. The van der Waals surface area contributed by atoms with Crippen LogP contribution in [0.3, 0.4) is 0 Å². The molecule has 0 aromatic carbocycles. The van der Waals surface area contributed by atoms with Gasteiger partial charge in [0, 0.05) is 11.8 Å². The van der Waals surface area contributed by atoms with Gasteiger partial charge >= 0.3 is 0 Å². The second-order valence-corrected chi connectivity index (χ2v) is 11.1. The third-order valence-electron chi connectivity index (χ3n) is 7.64. The molecule has 0 amide bonds. The van der Waals surface area contributed by atoms with Crippen LogP contribution in [-0.4, -0.2) is 16.8 Å². The van der Waals surface area contributed by atoms with Crippen LogP contribution in [0.1, 0.15) is 83.5 Å². The lowest BCUT2D eigenvalue weighted by Crippen LogP contribution is -2.43. The highest BCUT2D eigenvalue weighted by Gasteiger charge is 2.51. The number of hydrogen-bond donors (Lipinski definition) is 0. The van der Waals surface area contributed by atoms with Crippen LogP contribution in [0.2, 0.25) is 0 Å². The summed E-state index contributed by atoms with van der Waals surface area (Å²) in [5.74, 6) is 4.55. The first-order chi connectivity index (χ1) is 10.3. The molecule has 0 saturated heterocycles. The first-order valence-electron chi connectivity index (χ1n) is 9.96. The van der Waals surface area contributed by atoms with Gasteiger partial charge in [0.25, 0.3) is 0 Å². The van der Waals surface area contributed by atoms with E-state index in [1.54, 1.807) is 77.0 Å². The predicted octanol–water partition coefficient (Wildman–Crippen LogP) is 5.56. The second-order valence-electron chi connectivity index (χ2n) is 8.71. The van der Waals surface area contributed by atoms with Crippen molar-refractivity contribution >= 4 is 10.9 Å². The lowest BCUT2D eigenvalue weighted by Gasteiger charge is -2.39. The van der Waals surface area contributed by atoms with Crippen LogP contribution in [0.25, 0.3) is 0 Å². The first-order valence-corrected chi connectivity index (χ1v) is 11.7. The zero-order valence-electron chi connectivity index (χ0n) is 14.1. The Balaban J connectivity index is 1.45. The fraction of sp³-hybridized carbons (Fsp3) is 1.00. The summed E-state index contributed by atoms with van der Waals surface area (Å²) in [6.45, 7) is 0. The average molecular weight is 308 g/mol. The van der Waals surface area contributed by atoms with E-state index in [0.717, 1.165) is 45.1 Å². The van der Waals surface area contributed by atoms with E-state index in [0.29, 0.717) is 0 Å². The van der Waals surface area contributed by atoms with E-state index in [-0.39, 0.29) is 0 Å². The number of rotatable bonds is 3. The Bertz CT molecular complexity index is 346. The third-order valence-corrected chi connectivity index (χ3v) is 10.7. The molecule has 0 nitrogen and oxygen atoms in total. The van der Waals surface area contributed by atoms with Gasteiger partial charge in [-0.25, -0.2) is 0 Å². The Morgan fingerprint density at radius 1 is 0.619 bits per heavy atom. The van der Waals surface area contributed by atoms with Gasteiger partial charge in [-0.2, -0.15) is 0 Å². The molecule has 0 heterocycles. The fourth-order valence-corrected chi connectivity index (χ4v) is 9.88. The van der Waals surface area contributed by atoms with E-state index >= 15 is 0 Å². The van der Waals surface area contributed by atoms with Crippen LogP contribution in [0.15, 0.2) is 0 Å². The SMILES string of the molecule is C[S+](C1CC2CCC1C2)C1CCCCC1C1CCCCC1. The van der Waals surface area contributed by atoms with E-state index in [4.69, 9.17) is 0 Å². The van der Waals surface area contributed by atoms with E-state index < -0.39 is 0 Å². The standard InChI is InChI=1S/C20H35S/c1-21(20-14-15-11-12-17(20)13-15)19-10-6-5-9-18(19)16-7-3-2-4-8-16/h15-20H,2-14H2,1H3/q+1. The predicted molar refractivity (Wildman–Crippen MR) is 94.8 cm³/mol. The summed E-state index contributed by atoms with van der Waals surface area (Å²) in [6, 6.07) is 0. The molecule has 4 rings (SSSR count). The monoisotopic (exact) mass is 307 g/mol. The van der Waals surface area contributed by atoms with Gasteiger partial charge in [-0.1, -0.05) is 25.7 Å². The Hall–Kier alpha value is 0.350. The first kappa shape index (κ1) is 14.9. The fourth-order valence-electron chi connectivity index (χ4n) is 6.55. The molecule has 0 spiro atoms. The molecular formula is C20H35S+. The summed E-state index contributed by atoms with van der Waals surface area (Å²) >= 11 is 0. The molecule has 1 heteroatoms. The largest absolute Gasteiger partial charge is 0.121 e. The average Bonchev–Trinajstić information content (AvgIpc) is 3.18. The minimum atomic E-state index is 0.737. The van der Waals surface area contributed by atoms with Crippen LogP contribution >= 0.6 is 0 Å². The van der Waals surface area contributed by atoms with Crippen molar-refractivity contribution in [1.29, 1.82) is 0 Å². The molecule has 4 aliphatic rings. The molecule has 4 fully saturated rings. The van der Waals surface area contributed by atoms with Crippen LogP contribution in [0.4, 0.5) is 0 Å². The number of hydrogen-bond acceptors (Lipinski definition) is 0. The molecule has 0 aliphatic heterocycles. The van der Waals surface area contributed by atoms with Gasteiger partial charge in [-0.3, -0.25) is 0 Å². The van der Waals surface area contributed by atoms with Crippen molar-refractivity contribution in [3.05, 3.63) is 0 Å². The maximum absolute atomic E-state index is 2.71. The van der Waals surface area contributed by atoms with E-state index in [1.165, 1.54) is 6.42 Å². The molecule has 4 saturated carbocycles. The van der Waals surface area contributed by atoms with E-state index in [1.807, 2.05) is 0 Å². The summed E-state index contributed by atoms with van der Waals surface area (Å²) in [4.78, 5) is 0. The Labute approximate surface area is 135 Å². The van der Waals surface area contributed by atoms with Gasteiger partial charge in [-0.05, 0) is 80.5 Å². The van der Waals surface area contributed by atoms with Crippen LogP contribution in [-0.2, 0) is 10.9 Å². The van der Waals surface area contributed by atoms with Crippen LogP contribution in [0, 0.1) is 23.7 Å². The quantitative estimate of drug-likeness (QED) is 0.599. The molecule has 120 valence electrons. The zero-order valence-corrected chi connectivity index (χ0v) is 14.9. The van der Waals surface area contributed by atoms with Crippen molar-refractivity contribution in [3.63, 3.8) is 0 Å². The molecule has 0 radical (unpaired) electrons. The van der Waals surface area contributed by atoms with Crippen molar-refractivity contribution in [2.45, 2.75) is 94.0 Å². The summed E-state index contributed by atoms with van der Waals surface area (Å²) in [6.07, 6.45) is 23.2. The van der Waals surface area contributed by atoms with Gasteiger partial charge in [0.2, 0.25) is 0 Å². The molecule has 21 heavy (non-hydrogen) atoms. The topological polar surface area (TPSA) is 0 Å². The van der Waals surface area contributed by atoms with Gasteiger partial charge < -0.3 is 0 Å². The van der Waals surface area contributed by atoms with Crippen molar-refractivity contribution < 1.29 is 0 Å². The summed E-state index contributed by atoms with van der Waals surface area (Å²) in [7, 11) is 0.737. The van der Waals surface area contributed by atoms with Gasteiger partial charge in [-0.15, -0.1) is 0 Å². The molecule has 6 unspecified atom stereocenters. The maximum atomic E-state index is 2.71. The molecule has 4 aliphatic carbocycles. The van der Waals surface area contributed by atoms with Crippen molar-refractivity contribution in [2.75, 3.05) is 6.26 Å². The lowest BCUT2D eigenvalue weighted by atomic mass is 9.73. The zero-order chi connectivity index (χ0) is 14.2.